The lowest BCUT2D eigenvalue weighted by molar-refractivity contribution is 0.102. The molecule has 1 aliphatic rings. The number of fused-ring (bicyclic) bond motifs is 1. The summed E-state index contributed by atoms with van der Waals surface area (Å²) in [6, 6.07) is 8.08. The Morgan fingerprint density at radius 1 is 1.24 bits per heavy atom. The minimum Gasteiger partial charge on any atom is -0.442 e. The maximum atomic E-state index is 13.1. The van der Waals surface area contributed by atoms with Crippen LogP contribution in [0, 0.1) is 6.92 Å². The van der Waals surface area contributed by atoms with E-state index >= 15 is 0 Å². The van der Waals surface area contributed by atoms with Crippen LogP contribution in [0.25, 0.3) is 11.1 Å². The Morgan fingerprint density at radius 2 is 1.97 bits per heavy atom. The number of carbonyl (C=O) groups excluding carboxylic acids is 1. The summed E-state index contributed by atoms with van der Waals surface area (Å²) in [6.45, 7) is 8.36. The Balaban J connectivity index is 1.61. The number of benzene rings is 1. The van der Waals surface area contributed by atoms with Gasteiger partial charge in [-0.05, 0) is 56.7 Å². The standard InChI is InChI=1S/C23H28N4O2/c1-5-6-14(2)16-7-9-17(10-8-16)26-21(28)18-15(3)29-22-19(18)20(24-13-25-22)27-23(4)11-12-23/h7-10,13-14H,5-6,11-12H2,1-4H3,(H,26,28)(H,24,25,27). The molecular weight excluding hydrogens is 364 g/mol. The quantitative estimate of drug-likeness (QED) is 0.543. The van der Waals surface area contributed by atoms with E-state index in [4.69, 9.17) is 4.42 Å². The average Bonchev–Trinajstić information content (AvgIpc) is 3.30. The van der Waals surface area contributed by atoms with E-state index in [1.54, 1.807) is 6.92 Å². The van der Waals surface area contributed by atoms with Gasteiger partial charge < -0.3 is 15.1 Å². The molecule has 4 rings (SSSR count). The fourth-order valence-corrected chi connectivity index (χ4v) is 3.70. The predicted molar refractivity (Wildman–Crippen MR) is 116 cm³/mol. The van der Waals surface area contributed by atoms with Gasteiger partial charge in [0.25, 0.3) is 5.91 Å². The van der Waals surface area contributed by atoms with Gasteiger partial charge in [0.1, 0.15) is 17.9 Å². The van der Waals surface area contributed by atoms with Crippen LogP contribution in [0.1, 0.15) is 74.1 Å². The zero-order valence-corrected chi connectivity index (χ0v) is 17.5. The van der Waals surface area contributed by atoms with Crippen LogP contribution in [0.2, 0.25) is 0 Å². The van der Waals surface area contributed by atoms with E-state index < -0.39 is 0 Å². The third-order valence-corrected chi connectivity index (χ3v) is 5.77. The van der Waals surface area contributed by atoms with Crippen molar-refractivity contribution in [2.45, 2.75) is 64.8 Å². The Morgan fingerprint density at radius 3 is 2.62 bits per heavy atom. The number of amides is 1. The van der Waals surface area contributed by atoms with Crippen LogP contribution < -0.4 is 10.6 Å². The van der Waals surface area contributed by atoms with Crippen molar-refractivity contribution in [2.75, 3.05) is 10.6 Å². The van der Waals surface area contributed by atoms with Crippen LogP contribution in [0.15, 0.2) is 35.0 Å². The van der Waals surface area contributed by atoms with E-state index in [-0.39, 0.29) is 11.4 Å². The molecule has 1 amide bonds. The highest BCUT2D eigenvalue weighted by atomic mass is 16.3. The highest BCUT2D eigenvalue weighted by Crippen LogP contribution is 2.40. The lowest BCUT2D eigenvalue weighted by Crippen LogP contribution is -2.18. The molecule has 6 heteroatoms. The van der Waals surface area contributed by atoms with Crippen molar-refractivity contribution in [1.29, 1.82) is 0 Å². The Hall–Kier alpha value is -2.89. The minimum atomic E-state index is -0.214. The number of nitrogens with one attached hydrogen (secondary N) is 2. The molecule has 0 radical (unpaired) electrons. The summed E-state index contributed by atoms with van der Waals surface area (Å²) in [4.78, 5) is 21.7. The van der Waals surface area contributed by atoms with Crippen molar-refractivity contribution >= 4 is 28.5 Å². The number of rotatable bonds is 7. The lowest BCUT2D eigenvalue weighted by Gasteiger charge is -2.13. The SMILES string of the molecule is CCCC(C)c1ccc(NC(=O)c2c(C)oc3ncnc(NC4(C)CC4)c23)cc1. The van der Waals surface area contributed by atoms with Crippen LogP contribution in [-0.2, 0) is 0 Å². The molecule has 1 aromatic carbocycles. The van der Waals surface area contributed by atoms with Crippen molar-refractivity contribution in [1.82, 2.24) is 9.97 Å². The molecule has 1 unspecified atom stereocenters. The molecule has 3 aromatic rings. The summed E-state index contributed by atoms with van der Waals surface area (Å²) in [5.74, 6) is 1.49. The Bertz CT molecular complexity index is 1030. The Kier molecular flexibility index (Phi) is 5.03. The summed E-state index contributed by atoms with van der Waals surface area (Å²) in [5, 5.41) is 7.09. The van der Waals surface area contributed by atoms with Crippen molar-refractivity contribution < 1.29 is 9.21 Å². The van der Waals surface area contributed by atoms with Crippen LogP contribution in [0.4, 0.5) is 11.5 Å². The van der Waals surface area contributed by atoms with Gasteiger partial charge in [0.2, 0.25) is 5.71 Å². The molecule has 29 heavy (non-hydrogen) atoms. The Labute approximate surface area is 171 Å². The normalized spacial score (nSPS) is 15.9. The first-order valence-electron chi connectivity index (χ1n) is 10.3. The summed E-state index contributed by atoms with van der Waals surface area (Å²) >= 11 is 0. The number of aromatic nitrogens is 2. The largest absolute Gasteiger partial charge is 0.442 e. The van der Waals surface area contributed by atoms with Crippen LogP contribution in [0.5, 0.6) is 0 Å². The zero-order chi connectivity index (χ0) is 20.6. The highest BCUT2D eigenvalue weighted by Gasteiger charge is 2.38. The molecule has 0 bridgehead atoms. The molecule has 0 saturated heterocycles. The monoisotopic (exact) mass is 392 g/mol. The number of nitrogens with zero attached hydrogens (tertiary/aromatic N) is 2. The molecule has 1 saturated carbocycles. The number of hydrogen-bond acceptors (Lipinski definition) is 5. The number of anilines is 2. The average molecular weight is 393 g/mol. The van der Waals surface area contributed by atoms with Gasteiger partial charge >= 0.3 is 0 Å². The smallest absolute Gasteiger partial charge is 0.260 e. The highest BCUT2D eigenvalue weighted by molar-refractivity contribution is 6.15. The van der Waals surface area contributed by atoms with Crippen molar-refractivity contribution in [2.24, 2.45) is 0 Å². The van der Waals surface area contributed by atoms with Crippen molar-refractivity contribution in [3.8, 4) is 0 Å². The fourth-order valence-electron chi connectivity index (χ4n) is 3.70. The van der Waals surface area contributed by atoms with Gasteiger partial charge in [-0.25, -0.2) is 9.97 Å². The minimum absolute atomic E-state index is 0.0330. The van der Waals surface area contributed by atoms with Gasteiger partial charge in [-0.15, -0.1) is 0 Å². The number of hydrogen-bond donors (Lipinski definition) is 2. The van der Waals surface area contributed by atoms with E-state index in [1.807, 2.05) is 12.1 Å². The fraction of sp³-hybridized carbons (Fsp3) is 0.435. The molecule has 0 aliphatic heterocycles. The number of furan rings is 1. The molecule has 1 fully saturated rings. The second-order valence-corrected chi connectivity index (χ2v) is 8.39. The molecule has 0 spiro atoms. The maximum absolute atomic E-state index is 13.1. The van der Waals surface area contributed by atoms with E-state index in [0.29, 0.717) is 34.2 Å². The summed E-state index contributed by atoms with van der Waals surface area (Å²) < 4.78 is 5.76. The third-order valence-electron chi connectivity index (χ3n) is 5.77. The zero-order valence-electron chi connectivity index (χ0n) is 17.5. The summed E-state index contributed by atoms with van der Waals surface area (Å²) in [6.07, 6.45) is 5.95. The third kappa shape index (κ3) is 3.97. The van der Waals surface area contributed by atoms with E-state index in [2.05, 4.69) is 53.5 Å². The molecule has 6 nitrogen and oxygen atoms in total. The second kappa shape index (κ2) is 7.50. The molecule has 1 atom stereocenters. The molecule has 152 valence electrons. The topological polar surface area (TPSA) is 80.1 Å². The lowest BCUT2D eigenvalue weighted by atomic mass is 9.96. The van der Waals surface area contributed by atoms with Gasteiger partial charge in [-0.1, -0.05) is 32.4 Å². The van der Waals surface area contributed by atoms with Crippen molar-refractivity contribution in [3.63, 3.8) is 0 Å². The molecule has 1 aliphatic carbocycles. The van der Waals surface area contributed by atoms with E-state index in [0.717, 1.165) is 31.4 Å². The van der Waals surface area contributed by atoms with Gasteiger partial charge in [0.05, 0.1) is 10.9 Å². The molecule has 2 N–H and O–H groups in total. The number of carbonyl (C=O) groups is 1. The maximum Gasteiger partial charge on any atom is 0.260 e. The van der Waals surface area contributed by atoms with Gasteiger partial charge in [-0.2, -0.15) is 0 Å². The van der Waals surface area contributed by atoms with Gasteiger partial charge in [0, 0.05) is 11.2 Å². The first kappa shape index (κ1) is 19.4. The first-order valence-corrected chi connectivity index (χ1v) is 10.3. The van der Waals surface area contributed by atoms with Gasteiger partial charge in [-0.3, -0.25) is 4.79 Å². The first-order chi connectivity index (χ1) is 13.9. The van der Waals surface area contributed by atoms with Crippen LogP contribution in [0.3, 0.4) is 0 Å². The van der Waals surface area contributed by atoms with Crippen LogP contribution >= 0.6 is 0 Å². The predicted octanol–water partition coefficient (Wildman–Crippen LogP) is 5.65. The molecule has 2 aromatic heterocycles. The second-order valence-electron chi connectivity index (χ2n) is 8.39. The summed E-state index contributed by atoms with van der Waals surface area (Å²) in [7, 11) is 0. The van der Waals surface area contributed by atoms with E-state index in [9.17, 15) is 4.79 Å². The number of aryl methyl sites for hydroxylation is 1. The summed E-state index contributed by atoms with van der Waals surface area (Å²) in [5.41, 5.74) is 2.99. The van der Waals surface area contributed by atoms with E-state index in [1.165, 1.54) is 11.9 Å². The van der Waals surface area contributed by atoms with Crippen molar-refractivity contribution in [3.05, 3.63) is 47.5 Å². The molecule has 2 heterocycles. The van der Waals surface area contributed by atoms with Crippen LogP contribution in [-0.4, -0.2) is 21.4 Å². The van der Waals surface area contributed by atoms with Gasteiger partial charge in [0.15, 0.2) is 0 Å². The molecular formula is C23H28N4O2.